The summed E-state index contributed by atoms with van der Waals surface area (Å²) in [6, 6.07) is 12.9. The van der Waals surface area contributed by atoms with Gasteiger partial charge in [0.15, 0.2) is 0 Å². The molecule has 0 saturated carbocycles. The van der Waals surface area contributed by atoms with Crippen LogP contribution in [0.25, 0.3) is 17.0 Å². The highest BCUT2D eigenvalue weighted by Gasteiger charge is 2.27. The Morgan fingerprint density at radius 2 is 2.08 bits per heavy atom. The number of carbonyl (C=O) groups is 1. The zero-order chi connectivity index (χ0) is 27.0. The Morgan fingerprint density at radius 3 is 2.90 bits per heavy atom. The van der Waals surface area contributed by atoms with E-state index in [-0.39, 0.29) is 18.6 Å². The van der Waals surface area contributed by atoms with Gasteiger partial charge in [-0.25, -0.2) is 4.79 Å². The summed E-state index contributed by atoms with van der Waals surface area (Å²) in [6.07, 6.45) is 8.23. The number of benzene rings is 2. The molecule has 1 fully saturated rings. The molecular weight excluding hydrogens is 494 g/mol. The molecule has 2 N–H and O–H groups in total. The van der Waals surface area contributed by atoms with E-state index >= 15 is 0 Å². The summed E-state index contributed by atoms with van der Waals surface area (Å²) in [7, 11) is 1.38. The summed E-state index contributed by atoms with van der Waals surface area (Å²) in [5.41, 5.74) is 5.98. The molecule has 3 aromatic rings. The molecule has 2 aromatic carbocycles. The first-order valence-electron chi connectivity index (χ1n) is 13.9. The third-order valence-electron chi connectivity index (χ3n) is 7.84. The smallest absolute Gasteiger partial charge is 0.330 e. The second-order valence-electron chi connectivity index (χ2n) is 10.2. The lowest BCUT2D eigenvalue weighted by Crippen LogP contribution is -2.38. The summed E-state index contributed by atoms with van der Waals surface area (Å²) in [5.74, 6) is 0.539. The number of hydrogen-bond acceptors (Lipinski definition) is 7. The Balaban J connectivity index is 1.22. The van der Waals surface area contributed by atoms with Crippen LogP contribution in [0.5, 0.6) is 5.75 Å². The average molecular weight is 534 g/mol. The van der Waals surface area contributed by atoms with E-state index < -0.39 is 0 Å². The number of aliphatic hydroxyl groups excluding tert-OH is 1. The molecular formula is C31H39N3O5. The van der Waals surface area contributed by atoms with Gasteiger partial charge >= 0.3 is 5.97 Å². The summed E-state index contributed by atoms with van der Waals surface area (Å²) < 4.78 is 16.2. The molecule has 1 aliphatic carbocycles. The van der Waals surface area contributed by atoms with Crippen LogP contribution in [0.15, 0.2) is 48.7 Å². The van der Waals surface area contributed by atoms with Gasteiger partial charge < -0.3 is 24.3 Å². The fraction of sp³-hybridized carbons (Fsp3) is 0.452. The standard InChI is InChI=1S/C31H39N3O5/c1-37-31(36)9-3-23-2-6-27-24(20-23)4-8-30(27)34(12-16-35)11-10-25-22-32-29-7-5-26(21-28(25)29)39-19-15-33-13-17-38-18-14-33/h2-3,5-7,9,20-22,30,32,35H,4,8,10-19H2,1H3/b9-3+. The highest BCUT2D eigenvalue weighted by molar-refractivity contribution is 5.87. The van der Waals surface area contributed by atoms with Gasteiger partial charge in [0.1, 0.15) is 12.4 Å². The largest absolute Gasteiger partial charge is 0.492 e. The Morgan fingerprint density at radius 1 is 1.21 bits per heavy atom. The van der Waals surface area contributed by atoms with Crippen molar-refractivity contribution in [3.05, 3.63) is 70.9 Å². The Bertz CT molecular complexity index is 1280. The molecule has 8 heteroatoms. The van der Waals surface area contributed by atoms with Crippen LogP contribution in [0, 0.1) is 0 Å². The van der Waals surface area contributed by atoms with Gasteiger partial charge in [0, 0.05) is 61.9 Å². The van der Waals surface area contributed by atoms with E-state index in [1.165, 1.54) is 35.3 Å². The number of methoxy groups -OCH3 is 1. The maximum absolute atomic E-state index is 11.5. The van der Waals surface area contributed by atoms with Crippen molar-refractivity contribution in [2.24, 2.45) is 0 Å². The van der Waals surface area contributed by atoms with Gasteiger partial charge in [-0.2, -0.15) is 0 Å². The average Bonchev–Trinajstić information content (AvgIpc) is 3.58. The van der Waals surface area contributed by atoms with Crippen LogP contribution < -0.4 is 4.74 Å². The third-order valence-corrected chi connectivity index (χ3v) is 7.84. The number of carbonyl (C=O) groups excluding carboxylic acids is 1. The Hall–Kier alpha value is -3.17. The molecule has 2 heterocycles. The van der Waals surface area contributed by atoms with E-state index in [1.807, 2.05) is 12.1 Å². The van der Waals surface area contributed by atoms with Crippen molar-refractivity contribution in [3.8, 4) is 5.75 Å². The number of fused-ring (bicyclic) bond motifs is 2. The number of rotatable bonds is 12. The van der Waals surface area contributed by atoms with Crippen LogP contribution >= 0.6 is 0 Å². The van der Waals surface area contributed by atoms with Crippen LogP contribution in [0.4, 0.5) is 0 Å². The molecule has 0 radical (unpaired) electrons. The normalized spacial score (nSPS) is 17.8. The van der Waals surface area contributed by atoms with E-state index in [1.54, 1.807) is 6.08 Å². The van der Waals surface area contributed by atoms with E-state index in [4.69, 9.17) is 14.2 Å². The minimum atomic E-state index is -0.355. The third kappa shape index (κ3) is 6.89. The molecule has 5 rings (SSSR count). The fourth-order valence-corrected chi connectivity index (χ4v) is 5.72. The van der Waals surface area contributed by atoms with Crippen molar-refractivity contribution in [1.29, 1.82) is 0 Å². The first kappa shape index (κ1) is 27.4. The molecule has 0 spiro atoms. The first-order chi connectivity index (χ1) is 19.1. The van der Waals surface area contributed by atoms with Gasteiger partial charge in [-0.15, -0.1) is 0 Å². The van der Waals surface area contributed by atoms with Crippen molar-refractivity contribution in [2.75, 3.05) is 66.3 Å². The predicted molar refractivity (Wildman–Crippen MR) is 152 cm³/mol. The summed E-state index contributed by atoms with van der Waals surface area (Å²) in [5, 5.41) is 11.0. The van der Waals surface area contributed by atoms with Gasteiger partial charge in [0.05, 0.1) is 26.9 Å². The molecule has 1 saturated heterocycles. The van der Waals surface area contributed by atoms with Crippen LogP contribution in [-0.4, -0.2) is 92.1 Å². The minimum Gasteiger partial charge on any atom is -0.492 e. The van der Waals surface area contributed by atoms with Crippen molar-refractivity contribution < 1.29 is 24.1 Å². The highest BCUT2D eigenvalue weighted by Crippen LogP contribution is 2.36. The fourth-order valence-electron chi connectivity index (χ4n) is 5.72. The van der Waals surface area contributed by atoms with Crippen molar-refractivity contribution in [2.45, 2.75) is 25.3 Å². The molecule has 1 aromatic heterocycles. The van der Waals surface area contributed by atoms with Gasteiger partial charge in [-0.05, 0) is 65.8 Å². The summed E-state index contributed by atoms with van der Waals surface area (Å²) in [4.78, 5) is 19.6. The molecule has 1 aliphatic heterocycles. The minimum absolute atomic E-state index is 0.126. The van der Waals surface area contributed by atoms with Crippen LogP contribution in [0.1, 0.15) is 34.7 Å². The van der Waals surface area contributed by atoms with Gasteiger partial charge in [-0.1, -0.05) is 18.2 Å². The SMILES string of the molecule is COC(=O)/C=C/c1ccc2c(c1)CCC2N(CCO)CCc1c[nH]c2ccc(OCCN3CCOCC3)cc12. The molecule has 1 atom stereocenters. The number of aryl methyl sites for hydroxylation is 1. The number of aromatic amines is 1. The van der Waals surface area contributed by atoms with Crippen molar-refractivity contribution in [1.82, 2.24) is 14.8 Å². The molecule has 208 valence electrons. The van der Waals surface area contributed by atoms with Crippen LogP contribution in [-0.2, 0) is 27.1 Å². The lowest BCUT2D eigenvalue weighted by Gasteiger charge is -2.29. The molecule has 8 nitrogen and oxygen atoms in total. The number of morpholine rings is 1. The Labute approximate surface area is 230 Å². The van der Waals surface area contributed by atoms with E-state index in [2.05, 4.69) is 45.2 Å². The number of ether oxygens (including phenoxy) is 3. The topological polar surface area (TPSA) is 87.3 Å². The predicted octanol–water partition coefficient (Wildman–Crippen LogP) is 3.59. The number of hydrogen-bond donors (Lipinski definition) is 2. The van der Waals surface area contributed by atoms with E-state index in [0.717, 1.165) is 75.5 Å². The van der Waals surface area contributed by atoms with Gasteiger partial charge in [-0.3, -0.25) is 9.80 Å². The number of aliphatic hydroxyl groups is 1. The van der Waals surface area contributed by atoms with E-state index in [0.29, 0.717) is 13.2 Å². The monoisotopic (exact) mass is 533 g/mol. The first-order valence-corrected chi connectivity index (χ1v) is 13.9. The molecule has 39 heavy (non-hydrogen) atoms. The highest BCUT2D eigenvalue weighted by atomic mass is 16.5. The second-order valence-corrected chi connectivity index (χ2v) is 10.2. The zero-order valence-electron chi connectivity index (χ0n) is 22.7. The van der Waals surface area contributed by atoms with Crippen molar-refractivity contribution >= 4 is 22.9 Å². The molecule has 0 bridgehead atoms. The summed E-state index contributed by atoms with van der Waals surface area (Å²) >= 11 is 0. The molecule has 0 amide bonds. The quantitative estimate of drug-likeness (QED) is 0.272. The van der Waals surface area contributed by atoms with Crippen LogP contribution in [0.2, 0.25) is 0 Å². The Kier molecular flexibility index (Phi) is 9.32. The summed E-state index contributed by atoms with van der Waals surface area (Å²) in [6.45, 7) is 6.71. The molecule has 1 unspecified atom stereocenters. The molecule has 2 aliphatic rings. The number of nitrogens with zero attached hydrogens (tertiary/aromatic N) is 2. The number of aromatic nitrogens is 1. The maximum Gasteiger partial charge on any atom is 0.330 e. The van der Waals surface area contributed by atoms with E-state index in [9.17, 15) is 9.90 Å². The van der Waals surface area contributed by atoms with Gasteiger partial charge in [0.2, 0.25) is 0 Å². The van der Waals surface area contributed by atoms with Gasteiger partial charge in [0.25, 0.3) is 0 Å². The second kappa shape index (κ2) is 13.3. The maximum atomic E-state index is 11.5. The number of nitrogens with one attached hydrogen (secondary N) is 1. The number of esters is 1. The lowest BCUT2D eigenvalue weighted by atomic mass is 10.0. The van der Waals surface area contributed by atoms with Crippen LogP contribution in [0.3, 0.4) is 0 Å². The zero-order valence-corrected chi connectivity index (χ0v) is 22.7. The van der Waals surface area contributed by atoms with Crippen molar-refractivity contribution in [3.63, 3.8) is 0 Å². The number of H-pyrrole nitrogens is 1. The lowest BCUT2D eigenvalue weighted by molar-refractivity contribution is -0.134.